The number of pyridine rings is 1. The summed E-state index contributed by atoms with van der Waals surface area (Å²) in [5.74, 6) is 0.316. The first kappa shape index (κ1) is 18.4. The maximum absolute atomic E-state index is 14.3. The first-order valence-corrected chi connectivity index (χ1v) is 8.97. The van der Waals surface area contributed by atoms with Gasteiger partial charge in [-0.15, -0.1) is 0 Å². The van der Waals surface area contributed by atoms with Crippen molar-refractivity contribution in [2.24, 2.45) is 0 Å². The van der Waals surface area contributed by atoms with Gasteiger partial charge in [-0.05, 0) is 43.3 Å². The third kappa shape index (κ3) is 3.58. The molecule has 0 saturated heterocycles. The zero-order valence-electron chi connectivity index (χ0n) is 15.9. The SMILES string of the molecule is COc1ccc(-n2cc(-c3ccc(C#N)cc3)nc2-c2cccc(C)n2)cc1F. The second-order valence-electron chi connectivity index (χ2n) is 6.49. The van der Waals surface area contributed by atoms with Gasteiger partial charge in [0.1, 0.15) is 5.69 Å². The number of imidazole rings is 1. The zero-order valence-corrected chi connectivity index (χ0v) is 15.9. The summed E-state index contributed by atoms with van der Waals surface area (Å²) in [6.07, 6.45) is 1.84. The Hall–Kier alpha value is -3.98. The molecule has 4 aromatic rings. The van der Waals surface area contributed by atoms with Crippen LogP contribution in [0.1, 0.15) is 11.3 Å². The van der Waals surface area contributed by atoms with Gasteiger partial charge in [-0.25, -0.2) is 14.4 Å². The number of methoxy groups -OCH3 is 1. The van der Waals surface area contributed by atoms with Crippen LogP contribution in [0, 0.1) is 24.1 Å². The van der Waals surface area contributed by atoms with Gasteiger partial charge in [0.05, 0.1) is 30.1 Å². The molecule has 0 saturated carbocycles. The van der Waals surface area contributed by atoms with E-state index in [1.165, 1.54) is 13.2 Å². The molecule has 0 aliphatic carbocycles. The van der Waals surface area contributed by atoms with E-state index >= 15 is 0 Å². The number of aromatic nitrogens is 3. The second kappa shape index (κ2) is 7.56. The predicted octanol–water partition coefficient (Wildman–Crippen LogP) is 4.93. The Labute approximate surface area is 167 Å². The highest BCUT2D eigenvalue weighted by molar-refractivity contribution is 5.66. The van der Waals surface area contributed by atoms with E-state index in [-0.39, 0.29) is 5.75 Å². The highest BCUT2D eigenvalue weighted by Gasteiger charge is 2.16. The van der Waals surface area contributed by atoms with Crippen LogP contribution in [0.3, 0.4) is 0 Å². The van der Waals surface area contributed by atoms with Gasteiger partial charge in [-0.3, -0.25) is 4.57 Å². The van der Waals surface area contributed by atoms with E-state index in [1.54, 1.807) is 28.8 Å². The number of rotatable bonds is 4. The Morgan fingerprint density at radius 3 is 2.45 bits per heavy atom. The summed E-state index contributed by atoms with van der Waals surface area (Å²) in [6, 6.07) is 19.7. The quantitative estimate of drug-likeness (QED) is 0.500. The average molecular weight is 384 g/mol. The van der Waals surface area contributed by atoms with Crippen LogP contribution in [0.25, 0.3) is 28.5 Å². The zero-order chi connectivity index (χ0) is 20.4. The number of hydrogen-bond acceptors (Lipinski definition) is 4. The molecule has 142 valence electrons. The van der Waals surface area contributed by atoms with Crippen LogP contribution in [0.2, 0.25) is 0 Å². The Morgan fingerprint density at radius 1 is 1.00 bits per heavy atom. The lowest BCUT2D eigenvalue weighted by atomic mass is 10.1. The number of nitriles is 1. The van der Waals surface area contributed by atoms with Gasteiger partial charge in [-0.1, -0.05) is 18.2 Å². The summed E-state index contributed by atoms with van der Waals surface area (Å²) in [5, 5.41) is 9.02. The molecule has 5 nitrogen and oxygen atoms in total. The van der Waals surface area contributed by atoms with Gasteiger partial charge in [0.25, 0.3) is 0 Å². The molecule has 0 atom stereocenters. The summed E-state index contributed by atoms with van der Waals surface area (Å²) in [6.45, 7) is 1.91. The van der Waals surface area contributed by atoms with Gasteiger partial charge >= 0.3 is 0 Å². The van der Waals surface area contributed by atoms with Crippen molar-refractivity contribution in [3.05, 3.63) is 83.9 Å². The fourth-order valence-corrected chi connectivity index (χ4v) is 3.09. The van der Waals surface area contributed by atoms with Crippen LogP contribution < -0.4 is 4.74 Å². The molecule has 0 spiro atoms. The summed E-state index contributed by atoms with van der Waals surface area (Å²) < 4.78 is 21.2. The first-order chi connectivity index (χ1) is 14.1. The highest BCUT2D eigenvalue weighted by Crippen LogP contribution is 2.29. The third-order valence-corrected chi connectivity index (χ3v) is 4.55. The van der Waals surface area contributed by atoms with Crippen LogP contribution in [0.4, 0.5) is 4.39 Å². The topological polar surface area (TPSA) is 63.7 Å². The predicted molar refractivity (Wildman–Crippen MR) is 108 cm³/mol. The largest absolute Gasteiger partial charge is 0.494 e. The minimum Gasteiger partial charge on any atom is -0.494 e. The average Bonchev–Trinajstić information content (AvgIpc) is 3.19. The fourth-order valence-electron chi connectivity index (χ4n) is 3.09. The van der Waals surface area contributed by atoms with Crippen molar-refractivity contribution in [3.8, 4) is 40.3 Å². The van der Waals surface area contributed by atoms with E-state index in [0.717, 1.165) is 11.3 Å². The lowest BCUT2D eigenvalue weighted by Crippen LogP contribution is -1.99. The summed E-state index contributed by atoms with van der Waals surface area (Å²) in [7, 11) is 1.43. The van der Waals surface area contributed by atoms with Gasteiger partial charge in [0.2, 0.25) is 0 Å². The first-order valence-electron chi connectivity index (χ1n) is 8.97. The number of ether oxygens (including phenoxy) is 1. The van der Waals surface area contributed by atoms with Crippen molar-refractivity contribution in [3.63, 3.8) is 0 Å². The number of nitrogens with zero attached hydrogens (tertiary/aromatic N) is 4. The standard InChI is InChI=1S/C23H17FN4O/c1-15-4-3-5-20(26-15)23-27-21(17-8-6-16(13-25)7-9-17)14-28(23)18-10-11-22(29-2)19(24)12-18/h3-12,14H,1-2H3. The van der Waals surface area contributed by atoms with E-state index < -0.39 is 5.82 Å². The van der Waals surface area contributed by atoms with Crippen LogP contribution in [-0.2, 0) is 0 Å². The van der Waals surface area contributed by atoms with Crippen LogP contribution >= 0.6 is 0 Å². The van der Waals surface area contributed by atoms with Crippen LogP contribution in [0.15, 0.2) is 66.9 Å². The van der Waals surface area contributed by atoms with E-state index in [4.69, 9.17) is 15.0 Å². The molecule has 0 N–H and O–H groups in total. The van der Waals surface area contributed by atoms with Crippen molar-refractivity contribution in [1.29, 1.82) is 5.26 Å². The molecular formula is C23H17FN4O. The number of aryl methyl sites for hydroxylation is 1. The molecular weight excluding hydrogens is 367 g/mol. The minimum atomic E-state index is -0.457. The van der Waals surface area contributed by atoms with E-state index in [2.05, 4.69) is 11.1 Å². The maximum atomic E-state index is 14.3. The summed E-state index contributed by atoms with van der Waals surface area (Å²) in [5.41, 5.74) is 4.27. The lowest BCUT2D eigenvalue weighted by Gasteiger charge is -2.09. The van der Waals surface area contributed by atoms with Crippen LogP contribution in [0.5, 0.6) is 5.75 Å². The minimum absolute atomic E-state index is 0.177. The van der Waals surface area contributed by atoms with Crippen molar-refractivity contribution >= 4 is 0 Å². The van der Waals surface area contributed by atoms with Crippen LogP contribution in [-0.4, -0.2) is 21.6 Å². The monoisotopic (exact) mass is 384 g/mol. The molecule has 0 amide bonds. The highest BCUT2D eigenvalue weighted by atomic mass is 19.1. The molecule has 6 heteroatoms. The number of benzene rings is 2. The molecule has 29 heavy (non-hydrogen) atoms. The fraction of sp³-hybridized carbons (Fsp3) is 0.0870. The van der Waals surface area contributed by atoms with Crippen molar-refractivity contribution in [2.45, 2.75) is 6.92 Å². The molecule has 0 unspecified atom stereocenters. The second-order valence-corrected chi connectivity index (χ2v) is 6.49. The normalized spacial score (nSPS) is 10.6. The molecule has 0 radical (unpaired) electrons. The summed E-state index contributed by atoms with van der Waals surface area (Å²) in [4.78, 5) is 9.34. The molecule has 2 aromatic carbocycles. The summed E-state index contributed by atoms with van der Waals surface area (Å²) >= 11 is 0. The van der Waals surface area contributed by atoms with E-state index in [0.29, 0.717) is 28.5 Å². The van der Waals surface area contributed by atoms with Crippen molar-refractivity contribution in [1.82, 2.24) is 14.5 Å². The Balaban J connectivity index is 1.89. The van der Waals surface area contributed by atoms with Gasteiger partial charge in [-0.2, -0.15) is 5.26 Å². The smallest absolute Gasteiger partial charge is 0.167 e. The number of hydrogen-bond donors (Lipinski definition) is 0. The van der Waals surface area contributed by atoms with Gasteiger partial charge in [0, 0.05) is 23.5 Å². The number of halogens is 1. The molecule has 0 aliphatic rings. The Morgan fingerprint density at radius 2 is 1.79 bits per heavy atom. The molecule has 0 aliphatic heterocycles. The van der Waals surface area contributed by atoms with E-state index in [1.807, 2.05) is 43.5 Å². The van der Waals surface area contributed by atoms with Gasteiger partial charge < -0.3 is 4.74 Å². The molecule has 2 aromatic heterocycles. The third-order valence-electron chi connectivity index (χ3n) is 4.55. The lowest BCUT2D eigenvalue weighted by molar-refractivity contribution is 0.386. The molecule has 0 bridgehead atoms. The van der Waals surface area contributed by atoms with Crippen molar-refractivity contribution < 1.29 is 9.13 Å². The maximum Gasteiger partial charge on any atom is 0.167 e. The Kier molecular flexibility index (Phi) is 4.80. The van der Waals surface area contributed by atoms with E-state index in [9.17, 15) is 4.39 Å². The molecule has 2 heterocycles. The van der Waals surface area contributed by atoms with Crippen molar-refractivity contribution in [2.75, 3.05) is 7.11 Å². The molecule has 4 rings (SSSR count). The van der Waals surface area contributed by atoms with Gasteiger partial charge in [0.15, 0.2) is 17.4 Å². The Bertz CT molecular complexity index is 1220. The molecule has 0 fully saturated rings.